The summed E-state index contributed by atoms with van der Waals surface area (Å²) in [5.74, 6) is -0.559. The molecule has 0 aliphatic carbocycles. The van der Waals surface area contributed by atoms with Crippen molar-refractivity contribution < 1.29 is 14.1 Å². The zero-order valence-corrected chi connectivity index (χ0v) is 18.9. The first-order chi connectivity index (χ1) is 15.3. The summed E-state index contributed by atoms with van der Waals surface area (Å²) < 4.78 is 15.6. The van der Waals surface area contributed by atoms with Crippen LogP contribution in [0, 0.1) is 22.9 Å². The average Bonchev–Trinajstić information content (AvgIpc) is 3.38. The van der Waals surface area contributed by atoms with Crippen LogP contribution >= 0.6 is 22.9 Å². The highest BCUT2D eigenvalue weighted by atomic mass is 35.5. The third-order valence-corrected chi connectivity index (χ3v) is 6.78. The summed E-state index contributed by atoms with van der Waals surface area (Å²) in [6.07, 6.45) is 0. The number of hydrogen-bond donors (Lipinski definition) is 0. The second-order valence-electron chi connectivity index (χ2n) is 7.65. The molecule has 0 unspecified atom stereocenters. The van der Waals surface area contributed by atoms with Gasteiger partial charge in [0.2, 0.25) is 0 Å². The van der Waals surface area contributed by atoms with Crippen molar-refractivity contribution in [2.24, 2.45) is 0 Å². The smallest absolute Gasteiger partial charge is 0.358 e. The van der Waals surface area contributed by atoms with Crippen LogP contribution in [0.1, 0.15) is 26.5 Å². The molecule has 168 valence electrons. The SMILES string of the molecule is Cc1cc([N+](=O)[O-])nn1Cc1csc(C(=O)N2CCN(Cc3c(F)cccc3Cl)CC2)c1. The van der Waals surface area contributed by atoms with E-state index in [1.54, 1.807) is 28.6 Å². The number of halogens is 2. The van der Waals surface area contributed by atoms with Crippen molar-refractivity contribution in [1.82, 2.24) is 19.6 Å². The maximum Gasteiger partial charge on any atom is 0.390 e. The van der Waals surface area contributed by atoms with Crippen LogP contribution in [0.4, 0.5) is 10.2 Å². The monoisotopic (exact) mass is 477 g/mol. The number of nitrogens with zero attached hydrogens (tertiary/aromatic N) is 5. The number of carbonyl (C=O) groups is 1. The van der Waals surface area contributed by atoms with E-state index >= 15 is 0 Å². The second kappa shape index (κ2) is 9.35. The quantitative estimate of drug-likeness (QED) is 0.396. The number of benzene rings is 1. The van der Waals surface area contributed by atoms with E-state index in [0.29, 0.717) is 60.4 Å². The van der Waals surface area contributed by atoms with E-state index in [9.17, 15) is 19.3 Å². The zero-order valence-electron chi connectivity index (χ0n) is 17.3. The number of nitro groups is 1. The van der Waals surface area contributed by atoms with E-state index in [4.69, 9.17) is 11.6 Å². The second-order valence-corrected chi connectivity index (χ2v) is 8.96. The van der Waals surface area contributed by atoms with Gasteiger partial charge in [-0.05, 0) is 41.0 Å². The Hall–Kier alpha value is -2.82. The summed E-state index contributed by atoms with van der Waals surface area (Å²) >= 11 is 7.48. The van der Waals surface area contributed by atoms with E-state index in [-0.39, 0.29) is 17.5 Å². The van der Waals surface area contributed by atoms with Crippen molar-refractivity contribution in [2.45, 2.75) is 20.0 Å². The average molecular weight is 478 g/mol. The fourth-order valence-electron chi connectivity index (χ4n) is 3.66. The molecule has 1 aliphatic heterocycles. The Morgan fingerprint density at radius 1 is 1.25 bits per heavy atom. The molecule has 1 saturated heterocycles. The number of amides is 1. The predicted molar refractivity (Wildman–Crippen MR) is 120 cm³/mol. The van der Waals surface area contributed by atoms with Crippen LogP contribution in [0.5, 0.6) is 0 Å². The first-order valence-electron chi connectivity index (χ1n) is 10.0. The number of thiophene rings is 1. The third-order valence-electron chi connectivity index (χ3n) is 5.46. The molecule has 8 nitrogen and oxygen atoms in total. The molecule has 11 heteroatoms. The van der Waals surface area contributed by atoms with Gasteiger partial charge in [0, 0.05) is 43.3 Å². The minimum absolute atomic E-state index is 0.0482. The largest absolute Gasteiger partial charge is 0.390 e. The minimum Gasteiger partial charge on any atom is -0.358 e. The lowest BCUT2D eigenvalue weighted by Gasteiger charge is -2.34. The van der Waals surface area contributed by atoms with Crippen molar-refractivity contribution in [1.29, 1.82) is 0 Å². The molecule has 1 amide bonds. The van der Waals surface area contributed by atoms with E-state index < -0.39 is 4.92 Å². The van der Waals surface area contributed by atoms with Crippen LogP contribution < -0.4 is 0 Å². The maximum atomic E-state index is 14.0. The van der Waals surface area contributed by atoms with Crippen LogP contribution in [-0.2, 0) is 13.1 Å². The molecule has 1 aliphatic rings. The molecular formula is C21H21ClFN5O3S. The molecule has 0 N–H and O–H groups in total. The number of hydrogen-bond acceptors (Lipinski definition) is 6. The van der Waals surface area contributed by atoms with E-state index in [1.165, 1.54) is 23.5 Å². The van der Waals surface area contributed by atoms with Crippen molar-refractivity contribution in [3.05, 3.63) is 78.4 Å². The predicted octanol–water partition coefficient (Wildman–Crippen LogP) is 3.96. The Kier molecular flexibility index (Phi) is 6.54. The summed E-state index contributed by atoms with van der Waals surface area (Å²) in [6.45, 7) is 4.87. The first kappa shape index (κ1) is 22.4. The molecule has 0 saturated carbocycles. The Morgan fingerprint density at radius 2 is 2.00 bits per heavy atom. The van der Waals surface area contributed by atoms with Gasteiger partial charge >= 0.3 is 5.82 Å². The Balaban J connectivity index is 1.35. The Morgan fingerprint density at radius 3 is 2.66 bits per heavy atom. The molecule has 0 bridgehead atoms. The topological polar surface area (TPSA) is 84.5 Å². The molecule has 0 atom stereocenters. The summed E-state index contributed by atoms with van der Waals surface area (Å²) in [5.41, 5.74) is 2.03. The van der Waals surface area contributed by atoms with Crippen LogP contribution in [0.2, 0.25) is 5.02 Å². The van der Waals surface area contributed by atoms with Gasteiger partial charge in [-0.25, -0.2) is 4.39 Å². The summed E-state index contributed by atoms with van der Waals surface area (Å²) in [5, 5.41) is 17.2. The van der Waals surface area contributed by atoms with Gasteiger partial charge in [0.05, 0.1) is 28.3 Å². The van der Waals surface area contributed by atoms with Crippen LogP contribution in [0.3, 0.4) is 0 Å². The molecule has 4 rings (SSSR count). The van der Waals surface area contributed by atoms with E-state index in [0.717, 1.165) is 5.56 Å². The minimum atomic E-state index is -0.522. The summed E-state index contributed by atoms with van der Waals surface area (Å²) in [7, 11) is 0. The number of piperazine rings is 1. The highest BCUT2D eigenvalue weighted by Crippen LogP contribution is 2.23. The Bertz CT molecular complexity index is 1140. The third kappa shape index (κ3) is 4.82. The van der Waals surface area contributed by atoms with Crippen LogP contribution in [0.15, 0.2) is 35.7 Å². The molecule has 0 radical (unpaired) electrons. The number of aromatic nitrogens is 2. The van der Waals surface area contributed by atoms with Crippen LogP contribution in [-0.4, -0.2) is 56.6 Å². The number of rotatable bonds is 6. The van der Waals surface area contributed by atoms with Gasteiger partial charge in [-0.2, -0.15) is 4.68 Å². The van der Waals surface area contributed by atoms with Crippen molar-refractivity contribution in [2.75, 3.05) is 26.2 Å². The van der Waals surface area contributed by atoms with Crippen molar-refractivity contribution in [3.8, 4) is 0 Å². The van der Waals surface area contributed by atoms with Gasteiger partial charge in [0.1, 0.15) is 5.82 Å². The molecular weight excluding hydrogens is 457 g/mol. The molecule has 3 aromatic rings. The fourth-order valence-corrected chi connectivity index (χ4v) is 4.75. The highest BCUT2D eigenvalue weighted by Gasteiger charge is 2.25. The van der Waals surface area contributed by atoms with Gasteiger partial charge in [-0.1, -0.05) is 17.7 Å². The van der Waals surface area contributed by atoms with Gasteiger partial charge in [-0.3, -0.25) is 9.69 Å². The number of carbonyl (C=O) groups excluding carboxylic acids is 1. The van der Waals surface area contributed by atoms with Crippen molar-refractivity contribution in [3.63, 3.8) is 0 Å². The van der Waals surface area contributed by atoms with Crippen molar-refractivity contribution >= 4 is 34.7 Å². The zero-order chi connectivity index (χ0) is 22.8. The molecule has 32 heavy (non-hydrogen) atoms. The fraction of sp³-hybridized carbons (Fsp3) is 0.333. The molecule has 1 aromatic carbocycles. The van der Waals surface area contributed by atoms with Gasteiger partial charge in [0.15, 0.2) is 0 Å². The summed E-state index contributed by atoms with van der Waals surface area (Å²) in [6, 6.07) is 7.90. The standard InChI is InChI=1S/C21H21ClFN5O3S/c1-14-9-20(28(30)31)24-27(14)11-15-10-19(32-13-15)21(29)26-7-5-25(6-8-26)12-16-17(22)3-2-4-18(16)23/h2-4,9-10,13H,5-8,11-12H2,1H3. The summed E-state index contributed by atoms with van der Waals surface area (Å²) in [4.78, 5) is 27.8. The lowest BCUT2D eigenvalue weighted by Crippen LogP contribution is -2.48. The van der Waals surface area contributed by atoms with Crippen LogP contribution in [0.25, 0.3) is 0 Å². The first-order valence-corrected chi connectivity index (χ1v) is 11.3. The highest BCUT2D eigenvalue weighted by molar-refractivity contribution is 7.12. The molecule has 3 heterocycles. The van der Waals surface area contributed by atoms with Gasteiger partial charge < -0.3 is 15.0 Å². The normalized spacial score (nSPS) is 14.7. The molecule has 1 fully saturated rings. The lowest BCUT2D eigenvalue weighted by atomic mass is 10.1. The van der Waals surface area contributed by atoms with Gasteiger partial charge in [-0.15, -0.1) is 11.3 Å². The molecule has 0 spiro atoms. The van der Waals surface area contributed by atoms with E-state index in [1.807, 2.05) is 11.4 Å². The number of aryl methyl sites for hydroxylation is 1. The van der Waals surface area contributed by atoms with Gasteiger partial charge in [0.25, 0.3) is 5.91 Å². The van der Waals surface area contributed by atoms with E-state index in [2.05, 4.69) is 10.00 Å². The Labute approximate surface area is 193 Å². The molecule has 2 aromatic heterocycles. The lowest BCUT2D eigenvalue weighted by molar-refractivity contribution is -0.389. The maximum absolute atomic E-state index is 14.0.